The van der Waals surface area contributed by atoms with E-state index in [2.05, 4.69) is 6.92 Å². The van der Waals surface area contributed by atoms with Crippen molar-refractivity contribution in [2.45, 2.75) is 64.0 Å². The van der Waals surface area contributed by atoms with Gasteiger partial charge in [-0.05, 0) is 32.1 Å². The summed E-state index contributed by atoms with van der Waals surface area (Å²) in [4.78, 5) is 27.3. The predicted molar refractivity (Wildman–Crippen MR) is 72.0 cm³/mol. The van der Waals surface area contributed by atoms with Gasteiger partial charge in [0.25, 0.3) is 0 Å². The second kappa shape index (κ2) is 6.26. The summed E-state index contributed by atoms with van der Waals surface area (Å²) < 4.78 is 0. The molecule has 2 rings (SSSR count). The van der Waals surface area contributed by atoms with Crippen LogP contribution in [0.25, 0.3) is 0 Å². The highest BCUT2D eigenvalue weighted by Crippen LogP contribution is 2.24. The smallest absolute Gasteiger partial charge is 0.326 e. The van der Waals surface area contributed by atoms with Crippen LogP contribution in [0.3, 0.4) is 0 Å². The molecule has 108 valence electrons. The maximum Gasteiger partial charge on any atom is 0.326 e. The Balaban J connectivity index is 2.09. The zero-order valence-corrected chi connectivity index (χ0v) is 11.7. The number of aliphatic carboxylic acids is 1. The minimum atomic E-state index is -0.867. The normalized spacial score (nSPS) is 28.3. The van der Waals surface area contributed by atoms with E-state index in [0.717, 1.165) is 32.2 Å². The fourth-order valence-corrected chi connectivity index (χ4v) is 3.27. The topological polar surface area (TPSA) is 60.9 Å². The maximum atomic E-state index is 12.6. The summed E-state index contributed by atoms with van der Waals surface area (Å²) in [6.07, 6.45) is 6.77. The highest BCUT2D eigenvalue weighted by molar-refractivity contribution is 5.83. The zero-order chi connectivity index (χ0) is 13.8. The Kier molecular flexibility index (Phi) is 4.66. The van der Waals surface area contributed by atoms with Gasteiger partial charge in [0.1, 0.15) is 6.04 Å². The third kappa shape index (κ3) is 3.01. The average molecular weight is 268 g/mol. The van der Waals surface area contributed by atoms with Gasteiger partial charge in [0, 0.05) is 19.1 Å². The molecule has 2 amide bonds. The van der Waals surface area contributed by atoms with Gasteiger partial charge in [0.05, 0.1) is 0 Å². The summed E-state index contributed by atoms with van der Waals surface area (Å²) >= 11 is 0. The number of hydrogen-bond acceptors (Lipinski definition) is 2. The molecule has 5 heteroatoms. The molecular formula is C14H24N2O3. The van der Waals surface area contributed by atoms with Crippen molar-refractivity contribution in [3.8, 4) is 0 Å². The highest BCUT2D eigenvalue weighted by Gasteiger charge is 2.37. The van der Waals surface area contributed by atoms with Crippen molar-refractivity contribution in [3.05, 3.63) is 0 Å². The standard InChI is InChI=1S/C14H24N2O3/c1-2-11-7-4-3-5-9-15(11)14(19)16-10-6-8-12(16)13(17)18/h11-12H,2-10H2,1H3,(H,17,18)/t11?,12-/m1/s1. The molecule has 0 aromatic carbocycles. The molecule has 2 atom stereocenters. The molecule has 0 saturated carbocycles. The number of urea groups is 1. The molecule has 0 radical (unpaired) electrons. The summed E-state index contributed by atoms with van der Waals surface area (Å²) in [7, 11) is 0. The van der Waals surface area contributed by atoms with Gasteiger partial charge in [0.2, 0.25) is 0 Å². The van der Waals surface area contributed by atoms with Crippen LogP contribution in [-0.2, 0) is 4.79 Å². The third-order valence-electron chi connectivity index (χ3n) is 4.38. The Labute approximate surface area is 114 Å². The van der Waals surface area contributed by atoms with Crippen molar-refractivity contribution in [2.75, 3.05) is 13.1 Å². The van der Waals surface area contributed by atoms with E-state index in [0.29, 0.717) is 13.0 Å². The number of carbonyl (C=O) groups excluding carboxylic acids is 1. The van der Waals surface area contributed by atoms with Crippen molar-refractivity contribution in [2.24, 2.45) is 0 Å². The van der Waals surface area contributed by atoms with Gasteiger partial charge < -0.3 is 14.9 Å². The molecule has 0 aromatic heterocycles. The number of hydrogen-bond donors (Lipinski definition) is 1. The Hall–Kier alpha value is -1.26. The number of likely N-dealkylation sites (tertiary alicyclic amines) is 2. The lowest BCUT2D eigenvalue weighted by molar-refractivity contribution is -0.141. The van der Waals surface area contributed by atoms with Crippen molar-refractivity contribution in [3.63, 3.8) is 0 Å². The quantitative estimate of drug-likeness (QED) is 0.836. The minimum Gasteiger partial charge on any atom is -0.480 e. The van der Waals surface area contributed by atoms with Gasteiger partial charge >= 0.3 is 12.0 Å². The first-order valence-corrected chi connectivity index (χ1v) is 7.45. The first-order chi connectivity index (χ1) is 9.15. The number of amides is 2. The lowest BCUT2D eigenvalue weighted by atomic mass is 10.1. The molecule has 1 unspecified atom stereocenters. The van der Waals surface area contributed by atoms with E-state index in [1.807, 2.05) is 4.90 Å². The molecule has 1 N–H and O–H groups in total. The monoisotopic (exact) mass is 268 g/mol. The zero-order valence-electron chi connectivity index (χ0n) is 11.7. The van der Waals surface area contributed by atoms with E-state index in [9.17, 15) is 14.7 Å². The molecule has 0 spiro atoms. The van der Waals surface area contributed by atoms with Crippen molar-refractivity contribution in [1.82, 2.24) is 9.80 Å². The van der Waals surface area contributed by atoms with Crippen molar-refractivity contribution >= 4 is 12.0 Å². The molecule has 2 fully saturated rings. The Morgan fingerprint density at radius 1 is 1.05 bits per heavy atom. The Bertz CT molecular complexity index is 346. The number of carboxylic acid groups (broad SMARTS) is 1. The first-order valence-electron chi connectivity index (χ1n) is 7.45. The van der Waals surface area contributed by atoms with Crippen LogP contribution in [0.5, 0.6) is 0 Å². The molecule has 2 heterocycles. The summed E-state index contributed by atoms with van der Waals surface area (Å²) in [5.74, 6) is -0.867. The number of rotatable bonds is 2. The van der Waals surface area contributed by atoms with Gasteiger partial charge in [-0.2, -0.15) is 0 Å². The number of carbonyl (C=O) groups is 2. The Morgan fingerprint density at radius 3 is 2.47 bits per heavy atom. The molecule has 2 aliphatic heterocycles. The van der Waals surface area contributed by atoms with Crippen LogP contribution in [0.15, 0.2) is 0 Å². The summed E-state index contributed by atoms with van der Waals surface area (Å²) in [6, 6.07) is -0.392. The van der Waals surface area contributed by atoms with Crippen LogP contribution in [-0.4, -0.2) is 52.1 Å². The van der Waals surface area contributed by atoms with E-state index in [4.69, 9.17) is 0 Å². The summed E-state index contributed by atoms with van der Waals surface area (Å²) in [5.41, 5.74) is 0. The summed E-state index contributed by atoms with van der Waals surface area (Å²) in [6.45, 7) is 3.47. The second-order valence-electron chi connectivity index (χ2n) is 5.58. The van der Waals surface area contributed by atoms with Crippen LogP contribution in [0.1, 0.15) is 51.9 Å². The third-order valence-corrected chi connectivity index (χ3v) is 4.38. The Morgan fingerprint density at radius 2 is 1.79 bits per heavy atom. The van der Waals surface area contributed by atoms with Gasteiger partial charge in [-0.3, -0.25) is 0 Å². The van der Waals surface area contributed by atoms with E-state index in [1.165, 1.54) is 12.8 Å². The van der Waals surface area contributed by atoms with Crippen LogP contribution in [0, 0.1) is 0 Å². The molecular weight excluding hydrogens is 244 g/mol. The number of carboxylic acids is 1. The first kappa shape index (κ1) is 14.2. The second-order valence-corrected chi connectivity index (χ2v) is 5.58. The fraction of sp³-hybridized carbons (Fsp3) is 0.857. The molecule has 0 aliphatic carbocycles. The lowest BCUT2D eigenvalue weighted by Gasteiger charge is -2.34. The number of nitrogens with zero attached hydrogens (tertiary/aromatic N) is 2. The lowest BCUT2D eigenvalue weighted by Crippen LogP contribution is -2.51. The maximum absolute atomic E-state index is 12.6. The molecule has 0 bridgehead atoms. The molecule has 2 aliphatic rings. The van der Waals surface area contributed by atoms with Crippen LogP contribution >= 0.6 is 0 Å². The van der Waals surface area contributed by atoms with Crippen LogP contribution in [0.4, 0.5) is 4.79 Å². The van der Waals surface area contributed by atoms with Gasteiger partial charge in [-0.25, -0.2) is 9.59 Å². The van der Waals surface area contributed by atoms with E-state index >= 15 is 0 Å². The molecule has 19 heavy (non-hydrogen) atoms. The molecule has 0 aromatic rings. The van der Waals surface area contributed by atoms with Crippen molar-refractivity contribution in [1.29, 1.82) is 0 Å². The predicted octanol–water partition coefficient (Wildman–Crippen LogP) is 2.31. The minimum absolute atomic E-state index is 0.0568. The molecule has 5 nitrogen and oxygen atoms in total. The van der Waals surface area contributed by atoms with Crippen molar-refractivity contribution < 1.29 is 14.7 Å². The molecule has 2 saturated heterocycles. The van der Waals surface area contributed by atoms with Crippen LogP contribution < -0.4 is 0 Å². The largest absolute Gasteiger partial charge is 0.480 e. The highest BCUT2D eigenvalue weighted by atomic mass is 16.4. The summed E-state index contributed by atoms with van der Waals surface area (Å²) in [5, 5.41) is 9.20. The van der Waals surface area contributed by atoms with Gasteiger partial charge in [-0.1, -0.05) is 19.8 Å². The van der Waals surface area contributed by atoms with E-state index < -0.39 is 12.0 Å². The van der Waals surface area contributed by atoms with E-state index in [1.54, 1.807) is 4.90 Å². The average Bonchev–Trinajstić information content (AvgIpc) is 2.76. The SMILES string of the molecule is CCC1CCCCCN1C(=O)N1CCC[C@@H]1C(=O)O. The fourth-order valence-electron chi connectivity index (χ4n) is 3.27. The van der Waals surface area contributed by atoms with Gasteiger partial charge in [0.15, 0.2) is 0 Å². The van der Waals surface area contributed by atoms with Crippen LogP contribution in [0.2, 0.25) is 0 Å². The van der Waals surface area contributed by atoms with E-state index in [-0.39, 0.29) is 12.1 Å². The van der Waals surface area contributed by atoms with Gasteiger partial charge in [-0.15, -0.1) is 0 Å².